The predicted molar refractivity (Wildman–Crippen MR) is 156 cm³/mol. The van der Waals surface area contributed by atoms with Gasteiger partial charge in [0.05, 0.1) is 23.3 Å². The lowest BCUT2D eigenvalue weighted by atomic mass is 9.86. The zero-order valence-electron chi connectivity index (χ0n) is 21.6. The summed E-state index contributed by atoms with van der Waals surface area (Å²) >= 11 is 13.0. The van der Waals surface area contributed by atoms with Gasteiger partial charge in [-0.05, 0) is 92.7 Å². The minimum atomic E-state index is -0.163. The SMILES string of the molecule is CC1=CC(C)(C)N(C)c2cc(Cl)c([C@H]3[C@@H](c4ccccn4)NC(=S)N3c3ccc(N(C)C)cc3)cc21. The molecule has 1 fully saturated rings. The molecule has 0 saturated carbocycles. The van der Waals surface area contributed by atoms with Crippen LogP contribution in [0.5, 0.6) is 0 Å². The van der Waals surface area contributed by atoms with Gasteiger partial charge in [0.1, 0.15) is 0 Å². The fourth-order valence-electron chi connectivity index (χ4n) is 5.27. The fraction of sp³-hybridized carbons (Fsp3) is 0.310. The van der Waals surface area contributed by atoms with Gasteiger partial charge < -0.3 is 20.0 Å². The average molecular weight is 518 g/mol. The van der Waals surface area contributed by atoms with Gasteiger partial charge in [-0.2, -0.15) is 0 Å². The van der Waals surface area contributed by atoms with Crippen molar-refractivity contribution in [3.05, 3.63) is 88.7 Å². The summed E-state index contributed by atoms with van der Waals surface area (Å²) in [5, 5.41) is 4.93. The molecular formula is C29H32ClN5S. The number of nitrogens with zero attached hydrogens (tertiary/aromatic N) is 4. The highest BCUT2D eigenvalue weighted by molar-refractivity contribution is 7.80. The first kappa shape index (κ1) is 24.6. The number of rotatable bonds is 4. The minimum Gasteiger partial charge on any atom is -0.378 e. The van der Waals surface area contributed by atoms with Crippen molar-refractivity contribution in [2.75, 3.05) is 35.8 Å². The lowest BCUT2D eigenvalue weighted by Crippen LogP contribution is -2.42. The molecule has 2 aliphatic rings. The monoisotopic (exact) mass is 517 g/mol. The van der Waals surface area contributed by atoms with E-state index in [9.17, 15) is 0 Å². The quantitative estimate of drug-likeness (QED) is 0.392. The lowest BCUT2D eigenvalue weighted by Gasteiger charge is -2.41. The number of hydrogen-bond acceptors (Lipinski definition) is 4. The predicted octanol–water partition coefficient (Wildman–Crippen LogP) is 6.61. The summed E-state index contributed by atoms with van der Waals surface area (Å²) in [6.45, 7) is 6.62. The van der Waals surface area contributed by atoms with Crippen molar-refractivity contribution < 1.29 is 0 Å². The Hall–Kier alpha value is -3.09. The highest BCUT2D eigenvalue weighted by Crippen LogP contribution is 2.48. The van der Waals surface area contributed by atoms with Crippen molar-refractivity contribution >= 4 is 51.6 Å². The summed E-state index contributed by atoms with van der Waals surface area (Å²) in [6.07, 6.45) is 4.14. The van der Waals surface area contributed by atoms with E-state index in [0.717, 1.165) is 33.3 Å². The van der Waals surface area contributed by atoms with Crippen LogP contribution in [0.1, 0.15) is 49.7 Å². The van der Waals surface area contributed by atoms with Gasteiger partial charge in [0.15, 0.2) is 5.11 Å². The minimum absolute atomic E-state index is 0.0882. The van der Waals surface area contributed by atoms with E-state index in [1.807, 2.05) is 38.5 Å². The Bertz CT molecular complexity index is 1330. The maximum atomic E-state index is 7.10. The molecule has 0 spiro atoms. The number of benzene rings is 2. The van der Waals surface area contributed by atoms with E-state index in [-0.39, 0.29) is 17.6 Å². The molecule has 3 heterocycles. The normalized spacial score (nSPS) is 20.6. The number of nitrogens with one attached hydrogen (secondary N) is 1. The molecule has 1 N–H and O–H groups in total. The number of allylic oxidation sites excluding steroid dienone is 1. The molecule has 3 aromatic rings. The average Bonchev–Trinajstić information content (AvgIpc) is 3.19. The topological polar surface area (TPSA) is 34.6 Å². The van der Waals surface area contributed by atoms with Crippen molar-refractivity contribution in [3.8, 4) is 0 Å². The molecule has 0 bridgehead atoms. The number of halogens is 1. The van der Waals surface area contributed by atoms with Crippen LogP contribution in [0.3, 0.4) is 0 Å². The van der Waals surface area contributed by atoms with Crippen LogP contribution >= 0.6 is 23.8 Å². The van der Waals surface area contributed by atoms with Gasteiger partial charge in [-0.25, -0.2) is 0 Å². The number of likely N-dealkylation sites (N-methyl/N-ethyl adjacent to an activating group) is 1. The molecule has 0 amide bonds. The molecule has 5 rings (SSSR count). The van der Waals surface area contributed by atoms with Gasteiger partial charge in [0.25, 0.3) is 0 Å². The Morgan fingerprint density at radius 1 is 1.08 bits per heavy atom. The maximum absolute atomic E-state index is 7.10. The molecular weight excluding hydrogens is 486 g/mol. The molecule has 1 aromatic heterocycles. The second-order valence-corrected chi connectivity index (χ2v) is 11.1. The van der Waals surface area contributed by atoms with E-state index >= 15 is 0 Å². The van der Waals surface area contributed by atoms with Crippen LogP contribution < -0.4 is 20.0 Å². The number of anilines is 3. The molecule has 0 aliphatic carbocycles. The largest absolute Gasteiger partial charge is 0.378 e. The standard InChI is InChI=1S/C29H32ClN5S/c1-18-17-29(2,3)34(6)25-16-23(30)22(15-21(18)25)27-26(24-9-7-8-14-31-24)32-28(36)35(27)20-12-10-19(11-13-20)33(4)5/h7-17,26-27H,1-6H3,(H,32,36)/t26-,27+/m1/s1. The van der Waals surface area contributed by atoms with E-state index in [1.54, 1.807) is 0 Å². The summed E-state index contributed by atoms with van der Waals surface area (Å²) < 4.78 is 0. The molecule has 1 saturated heterocycles. The maximum Gasteiger partial charge on any atom is 0.174 e. The van der Waals surface area contributed by atoms with Crippen LogP contribution in [0, 0.1) is 0 Å². The third-order valence-corrected chi connectivity index (χ3v) is 8.04. The summed E-state index contributed by atoms with van der Waals surface area (Å²) in [5.74, 6) is 0. The molecule has 5 nitrogen and oxygen atoms in total. The van der Waals surface area contributed by atoms with E-state index in [4.69, 9.17) is 23.8 Å². The van der Waals surface area contributed by atoms with Crippen molar-refractivity contribution in [1.29, 1.82) is 0 Å². The van der Waals surface area contributed by atoms with Crippen LogP contribution in [-0.2, 0) is 0 Å². The molecule has 36 heavy (non-hydrogen) atoms. The highest BCUT2D eigenvalue weighted by Gasteiger charge is 2.42. The van der Waals surface area contributed by atoms with Crippen molar-refractivity contribution in [2.45, 2.75) is 38.4 Å². The number of thiocarbonyl (C=S) groups is 1. The van der Waals surface area contributed by atoms with Crippen LogP contribution in [0.4, 0.5) is 17.1 Å². The lowest BCUT2D eigenvalue weighted by molar-refractivity contribution is 0.567. The number of aromatic nitrogens is 1. The third kappa shape index (κ3) is 4.12. The van der Waals surface area contributed by atoms with Gasteiger partial charge >= 0.3 is 0 Å². The van der Waals surface area contributed by atoms with Crippen LogP contribution in [0.15, 0.2) is 66.9 Å². The molecule has 2 atom stereocenters. The number of hydrogen-bond donors (Lipinski definition) is 1. The van der Waals surface area contributed by atoms with Gasteiger partial charge in [-0.1, -0.05) is 23.7 Å². The first-order valence-corrected chi connectivity index (χ1v) is 12.9. The Labute approximate surface area is 224 Å². The van der Waals surface area contributed by atoms with Crippen LogP contribution in [-0.4, -0.2) is 36.8 Å². The number of pyridine rings is 1. The first-order valence-electron chi connectivity index (χ1n) is 12.1. The third-order valence-electron chi connectivity index (χ3n) is 7.40. The van der Waals surface area contributed by atoms with E-state index in [1.165, 1.54) is 11.1 Å². The fourth-order valence-corrected chi connectivity index (χ4v) is 5.89. The molecule has 186 valence electrons. The summed E-state index contributed by atoms with van der Waals surface area (Å²) in [4.78, 5) is 11.2. The Morgan fingerprint density at radius 2 is 1.81 bits per heavy atom. The van der Waals surface area contributed by atoms with E-state index in [0.29, 0.717) is 5.11 Å². The molecule has 0 radical (unpaired) electrons. The van der Waals surface area contributed by atoms with Gasteiger partial charge in [-0.15, -0.1) is 0 Å². The summed E-state index contributed by atoms with van der Waals surface area (Å²) in [5.41, 5.74) is 7.59. The van der Waals surface area contributed by atoms with Gasteiger partial charge in [-0.3, -0.25) is 4.98 Å². The number of fused-ring (bicyclic) bond motifs is 1. The summed E-state index contributed by atoms with van der Waals surface area (Å²) in [6, 6.07) is 18.5. The Kier molecular flexibility index (Phi) is 6.21. The van der Waals surface area contributed by atoms with Gasteiger partial charge in [0, 0.05) is 55.0 Å². The molecule has 0 unspecified atom stereocenters. The van der Waals surface area contributed by atoms with Crippen molar-refractivity contribution in [1.82, 2.24) is 10.3 Å². The zero-order chi connectivity index (χ0) is 25.8. The molecule has 7 heteroatoms. The molecule has 2 aromatic carbocycles. The second-order valence-electron chi connectivity index (χ2n) is 10.3. The smallest absolute Gasteiger partial charge is 0.174 e. The van der Waals surface area contributed by atoms with Gasteiger partial charge in [0.2, 0.25) is 0 Å². The van der Waals surface area contributed by atoms with Crippen LogP contribution in [0.25, 0.3) is 5.57 Å². The van der Waals surface area contributed by atoms with E-state index < -0.39 is 0 Å². The summed E-state index contributed by atoms with van der Waals surface area (Å²) in [7, 11) is 6.20. The highest BCUT2D eigenvalue weighted by atomic mass is 35.5. The van der Waals surface area contributed by atoms with Crippen molar-refractivity contribution in [3.63, 3.8) is 0 Å². The second kappa shape index (κ2) is 9.09. The van der Waals surface area contributed by atoms with E-state index in [2.05, 4.69) is 95.3 Å². The van der Waals surface area contributed by atoms with Crippen molar-refractivity contribution in [2.24, 2.45) is 0 Å². The van der Waals surface area contributed by atoms with Crippen LogP contribution in [0.2, 0.25) is 5.02 Å². The zero-order valence-corrected chi connectivity index (χ0v) is 23.2. The first-order chi connectivity index (χ1) is 17.1. The Morgan fingerprint density at radius 3 is 2.44 bits per heavy atom. The Balaban J connectivity index is 1.68. The molecule has 2 aliphatic heterocycles.